The van der Waals surface area contributed by atoms with Gasteiger partial charge in [-0.05, 0) is 22.8 Å². The number of aromatic nitrogens is 2. The summed E-state index contributed by atoms with van der Waals surface area (Å²) < 4.78 is 0. The smallest absolute Gasteiger partial charge is 0.160 e. The molecule has 0 fully saturated rings. The van der Waals surface area contributed by atoms with E-state index in [9.17, 15) is 0 Å². The molecule has 1 heterocycles. The van der Waals surface area contributed by atoms with Gasteiger partial charge in [-0.15, -0.1) is 0 Å². The van der Waals surface area contributed by atoms with Crippen molar-refractivity contribution in [2.45, 2.75) is 0 Å². The van der Waals surface area contributed by atoms with Crippen LogP contribution in [0.4, 0.5) is 0 Å². The van der Waals surface area contributed by atoms with Crippen LogP contribution in [0.1, 0.15) is 5.56 Å². The van der Waals surface area contributed by atoms with Crippen molar-refractivity contribution >= 4 is 6.08 Å². The van der Waals surface area contributed by atoms with E-state index >= 15 is 0 Å². The molecule has 0 saturated carbocycles. The predicted octanol–water partition coefficient (Wildman–Crippen LogP) is 7.79. The van der Waals surface area contributed by atoms with Crippen molar-refractivity contribution < 1.29 is 0 Å². The highest BCUT2D eigenvalue weighted by atomic mass is 14.9. The molecule has 152 valence electrons. The maximum atomic E-state index is 4.91. The van der Waals surface area contributed by atoms with Gasteiger partial charge >= 0.3 is 0 Å². The van der Waals surface area contributed by atoms with Crippen LogP contribution < -0.4 is 0 Å². The van der Waals surface area contributed by atoms with Gasteiger partial charge in [0.05, 0.1) is 11.4 Å². The fraction of sp³-hybridized carbons (Fsp3) is 0. The van der Waals surface area contributed by atoms with E-state index in [0.29, 0.717) is 0 Å². The Kier molecular flexibility index (Phi) is 5.42. The maximum absolute atomic E-state index is 4.91. The molecule has 2 nitrogen and oxygen atoms in total. The summed E-state index contributed by atoms with van der Waals surface area (Å²) in [6.07, 6.45) is 1.85. The Balaban J connectivity index is 1.60. The van der Waals surface area contributed by atoms with Gasteiger partial charge < -0.3 is 0 Å². The molecule has 0 saturated heterocycles. The van der Waals surface area contributed by atoms with Crippen LogP contribution in [0.5, 0.6) is 0 Å². The molecule has 5 aromatic rings. The minimum Gasteiger partial charge on any atom is -0.228 e. The number of nitrogens with zero attached hydrogens (tertiary/aromatic N) is 2. The van der Waals surface area contributed by atoms with Crippen molar-refractivity contribution in [2.24, 2.45) is 0 Å². The summed E-state index contributed by atoms with van der Waals surface area (Å²) in [6.45, 7) is 3.84. The fourth-order valence-electron chi connectivity index (χ4n) is 3.71. The first-order chi connectivity index (χ1) is 15.8. The standard InChI is InChI=1S/C30H22N2/c1-2-22-13-15-25(16-14-22)28-21-29(32-30(31-28)27-11-7-4-8-12-27)26-19-17-24(18-20-26)23-9-5-3-6-10-23/h2-21H,1H2. The Morgan fingerprint density at radius 2 is 0.906 bits per heavy atom. The summed E-state index contributed by atoms with van der Waals surface area (Å²) in [5.41, 5.74) is 8.40. The minimum absolute atomic E-state index is 0.720. The molecule has 0 unspecified atom stereocenters. The minimum atomic E-state index is 0.720. The van der Waals surface area contributed by atoms with Crippen LogP contribution in [0.2, 0.25) is 0 Å². The molecular weight excluding hydrogens is 388 g/mol. The summed E-state index contributed by atoms with van der Waals surface area (Å²) >= 11 is 0. The van der Waals surface area contributed by atoms with E-state index in [0.717, 1.165) is 39.5 Å². The van der Waals surface area contributed by atoms with E-state index in [4.69, 9.17) is 9.97 Å². The lowest BCUT2D eigenvalue weighted by molar-refractivity contribution is 1.18. The van der Waals surface area contributed by atoms with Gasteiger partial charge in [0.2, 0.25) is 0 Å². The van der Waals surface area contributed by atoms with E-state index in [1.165, 1.54) is 11.1 Å². The monoisotopic (exact) mass is 410 g/mol. The molecule has 0 aliphatic heterocycles. The van der Waals surface area contributed by atoms with Gasteiger partial charge in [0.15, 0.2) is 5.82 Å². The molecule has 5 rings (SSSR count). The number of hydrogen-bond acceptors (Lipinski definition) is 2. The molecule has 0 atom stereocenters. The van der Waals surface area contributed by atoms with Gasteiger partial charge in [0.1, 0.15) is 0 Å². The van der Waals surface area contributed by atoms with Crippen molar-refractivity contribution in [2.75, 3.05) is 0 Å². The fourth-order valence-corrected chi connectivity index (χ4v) is 3.71. The first-order valence-electron chi connectivity index (χ1n) is 10.6. The normalized spacial score (nSPS) is 10.6. The second-order valence-corrected chi connectivity index (χ2v) is 7.60. The number of benzene rings is 4. The van der Waals surface area contributed by atoms with Gasteiger partial charge in [0.25, 0.3) is 0 Å². The second kappa shape index (κ2) is 8.83. The third-order valence-electron chi connectivity index (χ3n) is 5.49. The van der Waals surface area contributed by atoms with E-state index in [1.807, 2.05) is 42.5 Å². The van der Waals surface area contributed by atoms with E-state index in [2.05, 4.69) is 85.4 Å². The highest BCUT2D eigenvalue weighted by Crippen LogP contribution is 2.29. The topological polar surface area (TPSA) is 25.8 Å². The molecule has 0 aliphatic rings. The Hall–Kier alpha value is -4.30. The Bertz CT molecular complexity index is 1340. The summed E-state index contributed by atoms with van der Waals surface area (Å²) in [5.74, 6) is 0.720. The molecule has 0 bridgehead atoms. The molecular formula is C30H22N2. The van der Waals surface area contributed by atoms with Crippen LogP contribution in [-0.4, -0.2) is 9.97 Å². The molecule has 0 radical (unpaired) electrons. The largest absolute Gasteiger partial charge is 0.228 e. The lowest BCUT2D eigenvalue weighted by Gasteiger charge is -2.10. The average molecular weight is 411 g/mol. The average Bonchev–Trinajstić information content (AvgIpc) is 2.89. The van der Waals surface area contributed by atoms with Gasteiger partial charge in [-0.3, -0.25) is 0 Å². The van der Waals surface area contributed by atoms with E-state index in [1.54, 1.807) is 0 Å². The number of hydrogen-bond donors (Lipinski definition) is 0. The zero-order valence-electron chi connectivity index (χ0n) is 17.6. The molecule has 32 heavy (non-hydrogen) atoms. The molecule has 2 heteroatoms. The summed E-state index contributed by atoms with van der Waals surface area (Å²) in [5, 5.41) is 0. The van der Waals surface area contributed by atoms with Crippen molar-refractivity contribution in [3.63, 3.8) is 0 Å². The van der Waals surface area contributed by atoms with Crippen LogP contribution in [0.3, 0.4) is 0 Å². The van der Waals surface area contributed by atoms with E-state index in [-0.39, 0.29) is 0 Å². The SMILES string of the molecule is C=Cc1ccc(-c2cc(-c3ccc(-c4ccccc4)cc3)nc(-c3ccccc3)n2)cc1. The maximum Gasteiger partial charge on any atom is 0.160 e. The van der Waals surface area contributed by atoms with Crippen LogP contribution >= 0.6 is 0 Å². The molecule has 0 aliphatic carbocycles. The van der Waals surface area contributed by atoms with Gasteiger partial charge in [-0.25, -0.2) is 9.97 Å². The van der Waals surface area contributed by atoms with Crippen LogP contribution in [0, 0.1) is 0 Å². The van der Waals surface area contributed by atoms with Gasteiger partial charge in [-0.1, -0.05) is 122 Å². The van der Waals surface area contributed by atoms with Crippen LogP contribution in [0.25, 0.3) is 51.1 Å². The summed E-state index contributed by atoms with van der Waals surface area (Å²) in [4.78, 5) is 9.79. The lowest BCUT2D eigenvalue weighted by Crippen LogP contribution is -1.96. The first kappa shape index (κ1) is 19.7. The summed E-state index contributed by atoms with van der Waals surface area (Å²) in [7, 11) is 0. The number of rotatable bonds is 5. The molecule has 0 spiro atoms. The zero-order chi connectivity index (χ0) is 21.8. The molecule has 0 N–H and O–H groups in total. The second-order valence-electron chi connectivity index (χ2n) is 7.60. The molecule has 4 aromatic carbocycles. The third-order valence-corrected chi connectivity index (χ3v) is 5.49. The van der Waals surface area contributed by atoms with Crippen molar-refractivity contribution in [3.05, 3.63) is 127 Å². The van der Waals surface area contributed by atoms with Gasteiger partial charge in [0, 0.05) is 16.7 Å². The van der Waals surface area contributed by atoms with Crippen LogP contribution in [-0.2, 0) is 0 Å². The Morgan fingerprint density at radius 3 is 1.44 bits per heavy atom. The Morgan fingerprint density at radius 1 is 0.469 bits per heavy atom. The first-order valence-corrected chi connectivity index (χ1v) is 10.6. The van der Waals surface area contributed by atoms with Crippen molar-refractivity contribution in [3.8, 4) is 45.0 Å². The van der Waals surface area contributed by atoms with E-state index < -0.39 is 0 Å². The highest BCUT2D eigenvalue weighted by Gasteiger charge is 2.11. The third kappa shape index (κ3) is 4.12. The van der Waals surface area contributed by atoms with Crippen molar-refractivity contribution in [1.29, 1.82) is 0 Å². The van der Waals surface area contributed by atoms with Gasteiger partial charge in [-0.2, -0.15) is 0 Å². The quantitative estimate of drug-likeness (QED) is 0.295. The van der Waals surface area contributed by atoms with Crippen molar-refractivity contribution in [1.82, 2.24) is 9.97 Å². The Labute approximate surface area is 188 Å². The summed E-state index contributed by atoms with van der Waals surface area (Å²) in [6, 6.07) is 39.4. The molecule has 0 amide bonds. The molecule has 1 aromatic heterocycles. The van der Waals surface area contributed by atoms with Crippen LogP contribution in [0.15, 0.2) is 122 Å². The zero-order valence-corrected chi connectivity index (χ0v) is 17.6. The predicted molar refractivity (Wildman–Crippen MR) is 134 cm³/mol. The lowest BCUT2D eigenvalue weighted by atomic mass is 10.0. The highest BCUT2D eigenvalue weighted by molar-refractivity contribution is 5.74.